The molecule has 1 aliphatic rings. The van der Waals surface area contributed by atoms with Gasteiger partial charge in [0.05, 0.1) is 11.7 Å². The standard InChI is InChI=1S/C13H17BN2O2/c17-14(18)12-5-6-13-11(7-12)8-15-16(13)9-10-3-1-2-4-10/h5-8,10,17-18H,1-4,9H2. The van der Waals surface area contributed by atoms with Crippen molar-refractivity contribution < 1.29 is 10.0 Å². The summed E-state index contributed by atoms with van der Waals surface area (Å²) >= 11 is 0. The number of nitrogens with zero attached hydrogens (tertiary/aromatic N) is 2. The van der Waals surface area contributed by atoms with E-state index in [1.54, 1.807) is 18.3 Å². The Hall–Kier alpha value is -1.33. The maximum atomic E-state index is 9.15. The molecule has 0 saturated heterocycles. The number of fused-ring (bicyclic) bond motifs is 1. The molecule has 1 saturated carbocycles. The van der Waals surface area contributed by atoms with Crippen LogP contribution in [-0.2, 0) is 6.54 Å². The minimum absolute atomic E-state index is 0.517. The Kier molecular flexibility index (Phi) is 3.10. The summed E-state index contributed by atoms with van der Waals surface area (Å²) < 4.78 is 2.04. The third-order valence-corrected chi connectivity index (χ3v) is 3.87. The second-order valence-corrected chi connectivity index (χ2v) is 5.17. The molecule has 1 aliphatic carbocycles. The van der Waals surface area contributed by atoms with Gasteiger partial charge in [-0.15, -0.1) is 0 Å². The fraction of sp³-hybridized carbons (Fsp3) is 0.462. The Balaban J connectivity index is 1.89. The zero-order chi connectivity index (χ0) is 12.5. The molecule has 94 valence electrons. The smallest absolute Gasteiger partial charge is 0.423 e. The van der Waals surface area contributed by atoms with Crippen LogP contribution in [0.2, 0.25) is 0 Å². The van der Waals surface area contributed by atoms with Crippen LogP contribution in [0.15, 0.2) is 24.4 Å². The van der Waals surface area contributed by atoms with Crippen molar-refractivity contribution in [1.29, 1.82) is 0 Å². The van der Waals surface area contributed by atoms with E-state index in [0.717, 1.165) is 23.4 Å². The summed E-state index contributed by atoms with van der Waals surface area (Å²) in [6, 6.07) is 5.46. The van der Waals surface area contributed by atoms with Crippen LogP contribution in [0.3, 0.4) is 0 Å². The summed E-state index contributed by atoms with van der Waals surface area (Å²) in [5.41, 5.74) is 1.59. The predicted molar refractivity (Wildman–Crippen MR) is 71.5 cm³/mol. The molecule has 1 aromatic carbocycles. The molecule has 4 nitrogen and oxygen atoms in total. The van der Waals surface area contributed by atoms with Gasteiger partial charge in [0, 0.05) is 11.9 Å². The van der Waals surface area contributed by atoms with Crippen LogP contribution < -0.4 is 5.46 Å². The molecule has 2 aromatic rings. The first-order chi connectivity index (χ1) is 8.74. The lowest BCUT2D eigenvalue weighted by Gasteiger charge is -2.10. The van der Waals surface area contributed by atoms with Crippen molar-refractivity contribution in [2.75, 3.05) is 0 Å². The first-order valence-electron chi connectivity index (χ1n) is 6.55. The lowest BCUT2D eigenvalue weighted by Crippen LogP contribution is -2.29. The molecule has 0 radical (unpaired) electrons. The lowest BCUT2D eigenvalue weighted by molar-refractivity contribution is 0.426. The Morgan fingerprint density at radius 1 is 1.28 bits per heavy atom. The van der Waals surface area contributed by atoms with Gasteiger partial charge in [0.15, 0.2) is 0 Å². The van der Waals surface area contributed by atoms with E-state index in [-0.39, 0.29) is 0 Å². The van der Waals surface area contributed by atoms with E-state index in [0.29, 0.717) is 5.46 Å². The number of rotatable bonds is 3. The van der Waals surface area contributed by atoms with Crippen molar-refractivity contribution in [3.63, 3.8) is 0 Å². The van der Waals surface area contributed by atoms with Crippen molar-refractivity contribution in [3.05, 3.63) is 24.4 Å². The Labute approximate surface area is 106 Å². The SMILES string of the molecule is OB(O)c1ccc2c(cnn2CC2CCCC2)c1. The summed E-state index contributed by atoms with van der Waals surface area (Å²) in [5, 5.41) is 23.7. The molecule has 0 amide bonds. The second kappa shape index (κ2) is 4.74. The normalized spacial score (nSPS) is 16.6. The van der Waals surface area contributed by atoms with Gasteiger partial charge >= 0.3 is 7.12 Å². The number of aromatic nitrogens is 2. The molecule has 0 unspecified atom stereocenters. The van der Waals surface area contributed by atoms with E-state index in [9.17, 15) is 0 Å². The van der Waals surface area contributed by atoms with Crippen LogP contribution in [0.5, 0.6) is 0 Å². The highest BCUT2D eigenvalue weighted by molar-refractivity contribution is 6.58. The number of hydrogen-bond donors (Lipinski definition) is 2. The fourth-order valence-electron chi connectivity index (χ4n) is 2.85. The van der Waals surface area contributed by atoms with Crippen molar-refractivity contribution >= 4 is 23.5 Å². The molecular formula is C13H17BN2O2. The monoisotopic (exact) mass is 244 g/mol. The van der Waals surface area contributed by atoms with Crippen molar-refractivity contribution in [1.82, 2.24) is 9.78 Å². The highest BCUT2D eigenvalue weighted by atomic mass is 16.4. The first-order valence-corrected chi connectivity index (χ1v) is 6.55. The van der Waals surface area contributed by atoms with Gasteiger partial charge in [0.1, 0.15) is 0 Å². The topological polar surface area (TPSA) is 58.3 Å². The van der Waals surface area contributed by atoms with E-state index in [4.69, 9.17) is 10.0 Å². The zero-order valence-corrected chi connectivity index (χ0v) is 10.3. The Morgan fingerprint density at radius 3 is 2.78 bits per heavy atom. The molecule has 1 aromatic heterocycles. The summed E-state index contributed by atoms with van der Waals surface area (Å²) in [5.74, 6) is 0.746. The van der Waals surface area contributed by atoms with Crippen LogP contribution >= 0.6 is 0 Å². The van der Waals surface area contributed by atoms with Crippen LogP contribution in [0, 0.1) is 5.92 Å². The van der Waals surface area contributed by atoms with Gasteiger partial charge in [-0.3, -0.25) is 4.68 Å². The highest BCUT2D eigenvalue weighted by Crippen LogP contribution is 2.27. The minimum Gasteiger partial charge on any atom is -0.423 e. The van der Waals surface area contributed by atoms with Crippen molar-refractivity contribution in [3.8, 4) is 0 Å². The summed E-state index contributed by atoms with van der Waals surface area (Å²) in [4.78, 5) is 0. The van der Waals surface area contributed by atoms with Crippen molar-refractivity contribution in [2.45, 2.75) is 32.2 Å². The van der Waals surface area contributed by atoms with Gasteiger partial charge in [-0.05, 0) is 30.3 Å². The molecule has 0 spiro atoms. The molecule has 0 bridgehead atoms. The van der Waals surface area contributed by atoms with Gasteiger partial charge in [-0.25, -0.2) is 0 Å². The molecule has 18 heavy (non-hydrogen) atoms. The van der Waals surface area contributed by atoms with E-state index >= 15 is 0 Å². The minimum atomic E-state index is -1.41. The van der Waals surface area contributed by atoms with E-state index in [1.165, 1.54) is 25.7 Å². The summed E-state index contributed by atoms with van der Waals surface area (Å²) in [7, 11) is -1.41. The van der Waals surface area contributed by atoms with Gasteiger partial charge in [-0.1, -0.05) is 25.0 Å². The van der Waals surface area contributed by atoms with E-state index in [2.05, 4.69) is 5.10 Å². The third-order valence-electron chi connectivity index (χ3n) is 3.87. The molecule has 5 heteroatoms. The number of benzene rings is 1. The van der Waals surface area contributed by atoms with Gasteiger partial charge in [-0.2, -0.15) is 5.10 Å². The molecule has 1 heterocycles. The predicted octanol–water partition coefficient (Wildman–Crippen LogP) is 0.906. The van der Waals surface area contributed by atoms with Gasteiger partial charge in [0.2, 0.25) is 0 Å². The molecule has 0 atom stereocenters. The Morgan fingerprint density at radius 2 is 2.06 bits per heavy atom. The van der Waals surface area contributed by atoms with Gasteiger partial charge in [0.25, 0.3) is 0 Å². The van der Waals surface area contributed by atoms with Crippen LogP contribution in [0.1, 0.15) is 25.7 Å². The second-order valence-electron chi connectivity index (χ2n) is 5.17. The van der Waals surface area contributed by atoms with Crippen LogP contribution in [0.25, 0.3) is 10.9 Å². The summed E-state index contributed by atoms with van der Waals surface area (Å²) in [6.45, 7) is 0.977. The van der Waals surface area contributed by atoms with Crippen molar-refractivity contribution in [2.24, 2.45) is 5.92 Å². The summed E-state index contributed by atoms with van der Waals surface area (Å²) in [6.07, 6.45) is 7.08. The quantitative estimate of drug-likeness (QED) is 0.789. The molecular weight excluding hydrogens is 227 g/mol. The van der Waals surface area contributed by atoms with Crippen LogP contribution in [0.4, 0.5) is 0 Å². The Bertz CT molecular complexity index is 547. The number of hydrogen-bond acceptors (Lipinski definition) is 3. The molecule has 0 aliphatic heterocycles. The lowest BCUT2D eigenvalue weighted by atomic mass is 9.80. The average molecular weight is 244 g/mol. The third kappa shape index (κ3) is 2.16. The zero-order valence-electron chi connectivity index (χ0n) is 10.3. The van der Waals surface area contributed by atoms with Crippen LogP contribution in [-0.4, -0.2) is 26.9 Å². The average Bonchev–Trinajstić information content (AvgIpc) is 2.99. The first kappa shape index (κ1) is 11.7. The molecule has 3 rings (SSSR count). The maximum Gasteiger partial charge on any atom is 0.488 e. The van der Waals surface area contributed by atoms with E-state index in [1.807, 2.05) is 10.7 Å². The van der Waals surface area contributed by atoms with Gasteiger partial charge < -0.3 is 10.0 Å². The van der Waals surface area contributed by atoms with E-state index < -0.39 is 7.12 Å². The highest BCUT2D eigenvalue weighted by Gasteiger charge is 2.17. The molecule has 1 fully saturated rings. The maximum absolute atomic E-state index is 9.15. The fourth-order valence-corrected chi connectivity index (χ4v) is 2.85. The largest absolute Gasteiger partial charge is 0.488 e. The molecule has 2 N–H and O–H groups in total.